The van der Waals surface area contributed by atoms with E-state index in [2.05, 4.69) is 131 Å². The van der Waals surface area contributed by atoms with Gasteiger partial charge in [0, 0.05) is 24.4 Å². The third kappa shape index (κ3) is 4.47. The van der Waals surface area contributed by atoms with Gasteiger partial charge in [-0.15, -0.1) is 34.0 Å². The van der Waals surface area contributed by atoms with Crippen molar-refractivity contribution in [3.63, 3.8) is 0 Å². The Morgan fingerprint density at radius 3 is 1.21 bits per heavy atom. The van der Waals surface area contributed by atoms with Gasteiger partial charge in [0.1, 0.15) is 0 Å². The molecule has 0 aliphatic carbocycles. The number of rotatable bonds is 5. The highest BCUT2D eigenvalue weighted by Crippen LogP contribution is 2.42. The molecule has 0 radical (unpaired) electrons. The fraction of sp³-hybridized carbons (Fsp3) is 0. The van der Waals surface area contributed by atoms with Gasteiger partial charge < -0.3 is 0 Å². The molecule has 0 atom stereocenters. The van der Waals surface area contributed by atoms with Gasteiger partial charge in [0.15, 0.2) is 0 Å². The van der Waals surface area contributed by atoms with Crippen LogP contribution in [0.4, 0.5) is 0 Å². The molecule has 0 fully saturated rings. The molecule has 3 aromatic carbocycles. The van der Waals surface area contributed by atoms with Crippen molar-refractivity contribution in [2.24, 2.45) is 0 Å². The monoisotopic (exact) mass is 554 g/mol. The molecule has 0 N–H and O–H groups in total. The smallest absolute Gasteiger partial charge is 0.0705 e. The summed E-state index contributed by atoms with van der Waals surface area (Å²) in [6, 6.07) is 41.5. The van der Waals surface area contributed by atoms with Crippen molar-refractivity contribution >= 4 is 49.9 Å². The van der Waals surface area contributed by atoms with E-state index in [4.69, 9.17) is 0 Å². The van der Waals surface area contributed by atoms with Crippen LogP contribution < -0.4 is 0 Å². The van der Waals surface area contributed by atoms with Crippen LogP contribution in [0.2, 0.25) is 0 Å². The van der Waals surface area contributed by atoms with E-state index >= 15 is 0 Å². The lowest BCUT2D eigenvalue weighted by Gasteiger charge is -2.06. The minimum Gasteiger partial charge on any atom is -0.134 e. The highest BCUT2D eigenvalue weighted by Gasteiger charge is 2.10. The SMILES string of the molecule is Brc1ccc(-c2ccc(-c3ccc(-c4ccc(-c5ccc(-c6ccccc6)cc5)cc4)s3)s2)s1. The maximum absolute atomic E-state index is 3.57. The van der Waals surface area contributed by atoms with Gasteiger partial charge in [-0.3, -0.25) is 0 Å². The predicted octanol–water partition coefficient (Wildman–Crippen LogP) is 11.0. The minimum atomic E-state index is 1.17. The largest absolute Gasteiger partial charge is 0.134 e. The van der Waals surface area contributed by atoms with E-state index in [1.165, 1.54) is 56.0 Å². The van der Waals surface area contributed by atoms with Gasteiger partial charge in [-0.2, -0.15) is 0 Å². The van der Waals surface area contributed by atoms with Crippen molar-refractivity contribution in [2.75, 3.05) is 0 Å². The average Bonchev–Trinajstić information content (AvgIpc) is 3.65. The van der Waals surface area contributed by atoms with Crippen molar-refractivity contribution in [2.45, 2.75) is 0 Å². The zero-order valence-corrected chi connectivity index (χ0v) is 22.1. The molecule has 6 aromatic rings. The number of benzene rings is 3. The first-order valence-electron chi connectivity index (χ1n) is 10.9. The van der Waals surface area contributed by atoms with Crippen LogP contribution in [0.25, 0.3) is 52.2 Å². The van der Waals surface area contributed by atoms with Crippen molar-refractivity contribution in [3.8, 4) is 52.2 Å². The molecule has 3 aromatic heterocycles. The molecule has 34 heavy (non-hydrogen) atoms. The molecule has 6 rings (SSSR count). The lowest BCUT2D eigenvalue weighted by molar-refractivity contribution is 1.59. The molecule has 0 saturated heterocycles. The highest BCUT2D eigenvalue weighted by molar-refractivity contribution is 9.11. The molecule has 0 saturated carbocycles. The van der Waals surface area contributed by atoms with Gasteiger partial charge in [0.05, 0.1) is 3.79 Å². The number of halogens is 1. The van der Waals surface area contributed by atoms with Crippen molar-refractivity contribution in [1.29, 1.82) is 0 Å². The molecule has 164 valence electrons. The van der Waals surface area contributed by atoms with Gasteiger partial charge in [0.2, 0.25) is 0 Å². The highest BCUT2D eigenvalue weighted by atomic mass is 79.9. The van der Waals surface area contributed by atoms with E-state index in [1.807, 2.05) is 22.7 Å². The Bertz CT molecular complexity index is 1530. The number of thiophene rings is 3. The van der Waals surface area contributed by atoms with Crippen molar-refractivity contribution in [3.05, 3.63) is 119 Å². The molecule has 0 unspecified atom stereocenters. The maximum Gasteiger partial charge on any atom is 0.0705 e. The first-order chi connectivity index (χ1) is 16.7. The molecule has 0 aliphatic heterocycles. The zero-order valence-electron chi connectivity index (χ0n) is 18.1. The molecule has 4 heteroatoms. The fourth-order valence-electron chi connectivity index (χ4n) is 3.99. The van der Waals surface area contributed by atoms with Crippen LogP contribution in [0, 0.1) is 0 Å². The molecule has 3 heterocycles. The second kappa shape index (κ2) is 9.47. The predicted molar refractivity (Wildman–Crippen MR) is 155 cm³/mol. The second-order valence-corrected chi connectivity index (χ2v) is 12.6. The fourth-order valence-corrected chi connectivity index (χ4v) is 7.57. The van der Waals surface area contributed by atoms with Gasteiger partial charge in [-0.05, 0) is 80.1 Å². The Kier molecular flexibility index (Phi) is 6.06. The van der Waals surface area contributed by atoms with E-state index in [1.54, 1.807) is 11.3 Å². The summed E-state index contributed by atoms with van der Waals surface area (Å²) in [7, 11) is 0. The van der Waals surface area contributed by atoms with E-state index < -0.39 is 0 Å². The average molecular weight is 556 g/mol. The lowest BCUT2D eigenvalue weighted by Crippen LogP contribution is -1.81. The van der Waals surface area contributed by atoms with Crippen LogP contribution in [-0.4, -0.2) is 0 Å². The van der Waals surface area contributed by atoms with Crippen LogP contribution in [0.5, 0.6) is 0 Å². The van der Waals surface area contributed by atoms with Crippen LogP contribution in [0.3, 0.4) is 0 Å². The first-order valence-corrected chi connectivity index (χ1v) is 14.2. The second-order valence-electron chi connectivity index (χ2n) is 7.95. The third-order valence-electron chi connectivity index (χ3n) is 5.77. The van der Waals surface area contributed by atoms with Crippen molar-refractivity contribution < 1.29 is 0 Å². The first kappa shape index (κ1) is 21.8. The number of hydrogen-bond donors (Lipinski definition) is 0. The Morgan fingerprint density at radius 2 is 0.706 bits per heavy atom. The van der Waals surface area contributed by atoms with Crippen LogP contribution in [-0.2, 0) is 0 Å². The Morgan fingerprint density at radius 1 is 0.324 bits per heavy atom. The van der Waals surface area contributed by atoms with Gasteiger partial charge in [0.25, 0.3) is 0 Å². The lowest BCUT2D eigenvalue weighted by atomic mass is 9.99. The summed E-state index contributed by atoms with van der Waals surface area (Å²) in [4.78, 5) is 6.58. The molecule has 0 nitrogen and oxygen atoms in total. The van der Waals surface area contributed by atoms with Crippen LogP contribution in [0.1, 0.15) is 0 Å². The summed E-state index contributed by atoms with van der Waals surface area (Å²) in [6.45, 7) is 0. The quantitative estimate of drug-likeness (QED) is 0.198. The van der Waals surface area contributed by atoms with E-state index in [0.717, 1.165) is 0 Å². The molecule has 0 amide bonds. The summed E-state index contributed by atoms with van der Waals surface area (Å²) >= 11 is 9.07. The molecular formula is C30H19BrS3. The third-order valence-corrected chi connectivity index (χ3v) is 10.0. The van der Waals surface area contributed by atoms with Crippen molar-refractivity contribution in [1.82, 2.24) is 0 Å². The van der Waals surface area contributed by atoms with Gasteiger partial charge in [-0.25, -0.2) is 0 Å². The molecule has 0 spiro atoms. The summed E-state index contributed by atoms with van der Waals surface area (Å²) in [5, 5.41) is 0. The van der Waals surface area contributed by atoms with E-state index in [9.17, 15) is 0 Å². The summed E-state index contributed by atoms with van der Waals surface area (Å²) < 4.78 is 1.17. The van der Waals surface area contributed by atoms with Crippen LogP contribution in [0.15, 0.2) is 119 Å². The van der Waals surface area contributed by atoms with E-state index in [0.29, 0.717) is 0 Å². The normalized spacial score (nSPS) is 11.1. The van der Waals surface area contributed by atoms with Crippen LogP contribution >= 0.6 is 49.9 Å². The molecular weight excluding hydrogens is 536 g/mol. The standard InChI is InChI=1S/C30H19BrS3/c31-30-19-18-29(34-30)28-17-16-27(33-28)26-15-14-25(32-26)24-12-10-23(11-13-24)22-8-6-21(7-9-22)20-4-2-1-3-5-20/h1-19H. The summed E-state index contributed by atoms with van der Waals surface area (Å²) in [6.07, 6.45) is 0. The Labute approximate surface area is 220 Å². The number of hydrogen-bond acceptors (Lipinski definition) is 3. The topological polar surface area (TPSA) is 0 Å². The van der Waals surface area contributed by atoms with Gasteiger partial charge >= 0.3 is 0 Å². The Hall–Kier alpha value is -2.76. The van der Waals surface area contributed by atoms with E-state index in [-0.39, 0.29) is 0 Å². The summed E-state index contributed by atoms with van der Waals surface area (Å²) in [5.41, 5.74) is 6.24. The minimum absolute atomic E-state index is 1.17. The molecule has 0 bridgehead atoms. The summed E-state index contributed by atoms with van der Waals surface area (Å²) in [5.74, 6) is 0. The zero-order chi connectivity index (χ0) is 22.9. The van der Waals surface area contributed by atoms with Gasteiger partial charge in [-0.1, -0.05) is 78.9 Å². The Balaban J connectivity index is 1.20. The molecule has 0 aliphatic rings. The maximum atomic E-state index is 3.57.